The number of amides is 1. The topological polar surface area (TPSA) is 91.8 Å². The minimum absolute atomic E-state index is 0.00519. The van der Waals surface area contributed by atoms with E-state index in [-0.39, 0.29) is 29.1 Å². The van der Waals surface area contributed by atoms with Crippen molar-refractivity contribution in [2.75, 3.05) is 5.32 Å². The van der Waals surface area contributed by atoms with Crippen LogP contribution < -0.4 is 16.2 Å². The maximum absolute atomic E-state index is 13.4. The van der Waals surface area contributed by atoms with Gasteiger partial charge in [0.15, 0.2) is 0 Å². The Bertz CT molecular complexity index is 1230. The van der Waals surface area contributed by atoms with E-state index in [0.29, 0.717) is 22.4 Å². The van der Waals surface area contributed by atoms with Crippen LogP contribution in [-0.2, 0) is 0 Å². The predicted molar refractivity (Wildman–Crippen MR) is 118 cm³/mol. The highest BCUT2D eigenvalue weighted by Gasteiger charge is 2.32. The lowest BCUT2D eigenvalue weighted by Gasteiger charge is -2.24. The van der Waals surface area contributed by atoms with Crippen molar-refractivity contribution in [1.82, 2.24) is 19.9 Å². The summed E-state index contributed by atoms with van der Waals surface area (Å²) in [5, 5.41) is 7.01. The maximum Gasteiger partial charge on any atom is 0.263 e. The van der Waals surface area contributed by atoms with E-state index in [0.717, 1.165) is 36.2 Å². The molecule has 5 rings (SSSR count). The van der Waals surface area contributed by atoms with Gasteiger partial charge in [0.05, 0.1) is 28.2 Å². The molecule has 156 valence electrons. The van der Waals surface area contributed by atoms with Crippen LogP contribution in [0.4, 0.5) is 5.95 Å². The summed E-state index contributed by atoms with van der Waals surface area (Å²) in [6.07, 6.45) is 2.82. The summed E-state index contributed by atoms with van der Waals surface area (Å²) >= 11 is 0. The molecular formula is C23H27N5O2. The summed E-state index contributed by atoms with van der Waals surface area (Å²) in [7, 11) is 0. The van der Waals surface area contributed by atoms with Gasteiger partial charge in [0.25, 0.3) is 11.5 Å². The molecule has 3 N–H and O–H groups in total. The van der Waals surface area contributed by atoms with E-state index in [1.54, 1.807) is 0 Å². The Morgan fingerprint density at radius 3 is 2.63 bits per heavy atom. The zero-order valence-corrected chi connectivity index (χ0v) is 17.8. The molecule has 7 heteroatoms. The second kappa shape index (κ2) is 6.45. The molecule has 0 spiro atoms. The van der Waals surface area contributed by atoms with Crippen LogP contribution in [0.3, 0.4) is 0 Å². The van der Waals surface area contributed by atoms with E-state index >= 15 is 0 Å². The zero-order valence-electron chi connectivity index (χ0n) is 17.8. The lowest BCUT2D eigenvalue weighted by Crippen LogP contribution is -2.33. The molecule has 2 aromatic heterocycles. The minimum Gasteiger partial charge on any atom is -0.356 e. The van der Waals surface area contributed by atoms with E-state index < -0.39 is 0 Å². The van der Waals surface area contributed by atoms with Crippen LogP contribution in [0.2, 0.25) is 0 Å². The highest BCUT2D eigenvalue weighted by atomic mass is 16.2. The zero-order chi connectivity index (χ0) is 21.2. The Morgan fingerprint density at radius 2 is 1.97 bits per heavy atom. The lowest BCUT2D eigenvalue weighted by molar-refractivity contribution is 0.0955. The van der Waals surface area contributed by atoms with Crippen molar-refractivity contribution >= 4 is 22.8 Å². The SMILES string of the molecule is CCC1NC(=O)c2cc(-c3cccc4c(=O)n(C5CC5)c(NC(C)(C)C)nc34)[nH]c21. The summed E-state index contributed by atoms with van der Waals surface area (Å²) in [5.74, 6) is 0.553. The Balaban J connectivity index is 1.72. The van der Waals surface area contributed by atoms with Gasteiger partial charge in [-0.15, -0.1) is 0 Å². The third-order valence-corrected chi connectivity index (χ3v) is 5.77. The molecule has 7 nitrogen and oxygen atoms in total. The van der Waals surface area contributed by atoms with E-state index in [2.05, 4.69) is 36.4 Å². The van der Waals surface area contributed by atoms with Crippen LogP contribution in [0.25, 0.3) is 22.2 Å². The highest BCUT2D eigenvalue weighted by molar-refractivity contribution is 6.01. The summed E-state index contributed by atoms with van der Waals surface area (Å²) < 4.78 is 1.81. The quantitative estimate of drug-likeness (QED) is 0.609. The first-order valence-electron chi connectivity index (χ1n) is 10.6. The molecular weight excluding hydrogens is 378 g/mol. The Hall–Kier alpha value is -3.09. The van der Waals surface area contributed by atoms with Gasteiger partial charge in [0, 0.05) is 22.8 Å². The molecule has 3 heterocycles. The number of anilines is 1. The fourth-order valence-electron chi connectivity index (χ4n) is 4.23. The molecule has 1 fully saturated rings. The molecule has 3 aromatic rings. The van der Waals surface area contributed by atoms with Gasteiger partial charge in [-0.1, -0.05) is 19.1 Å². The molecule has 0 bridgehead atoms. The fraction of sp³-hybridized carbons (Fsp3) is 0.435. The molecule has 1 aliphatic heterocycles. The fourth-order valence-corrected chi connectivity index (χ4v) is 4.23. The van der Waals surface area contributed by atoms with Crippen molar-refractivity contribution in [3.05, 3.63) is 45.9 Å². The summed E-state index contributed by atoms with van der Waals surface area (Å²) in [6, 6.07) is 7.77. The molecule has 1 aromatic carbocycles. The summed E-state index contributed by atoms with van der Waals surface area (Å²) in [5.41, 5.74) is 3.65. The van der Waals surface area contributed by atoms with E-state index in [1.165, 1.54) is 0 Å². The van der Waals surface area contributed by atoms with Crippen molar-refractivity contribution < 1.29 is 4.79 Å². The predicted octanol–water partition coefficient (Wildman–Crippen LogP) is 4.13. The van der Waals surface area contributed by atoms with Gasteiger partial charge in [0.1, 0.15) is 0 Å². The first-order valence-corrected chi connectivity index (χ1v) is 10.6. The number of aromatic amines is 1. The number of fused-ring (bicyclic) bond motifs is 2. The van der Waals surface area contributed by atoms with Gasteiger partial charge < -0.3 is 15.6 Å². The minimum atomic E-state index is -0.223. The Labute approximate surface area is 174 Å². The number of para-hydroxylation sites is 1. The highest BCUT2D eigenvalue weighted by Crippen LogP contribution is 2.38. The largest absolute Gasteiger partial charge is 0.356 e. The number of aromatic nitrogens is 3. The lowest BCUT2D eigenvalue weighted by atomic mass is 10.1. The van der Waals surface area contributed by atoms with Crippen molar-refractivity contribution in [2.45, 2.75) is 64.6 Å². The number of H-pyrrole nitrogens is 1. The molecule has 1 saturated carbocycles. The Kier molecular flexibility index (Phi) is 4.07. The van der Waals surface area contributed by atoms with Crippen molar-refractivity contribution in [3.8, 4) is 11.3 Å². The molecule has 1 atom stereocenters. The average Bonchev–Trinajstić information content (AvgIpc) is 3.33. The van der Waals surface area contributed by atoms with Gasteiger partial charge in [-0.2, -0.15) is 0 Å². The molecule has 30 heavy (non-hydrogen) atoms. The smallest absolute Gasteiger partial charge is 0.263 e. The van der Waals surface area contributed by atoms with Gasteiger partial charge in [0.2, 0.25) is 5.95 Å². The first-order chi connectivity index (χ1) is 14.3. The third-order valence-electron chi connectivity index (χ3n) is 5.77. The second-order valence-corrected chi connectivity index (χ2v) is 9.36. The molecule has 2 aliphatic rings. The number of hydrogen-bond donors (Lipinski definition) is 3. The number of hydrogen-bond acceptors (Lipinski definition) is 4. The van der Waals surface area contributed by atoms with Crippen molar-refractivity contribution in [1.29, 1.82) is 0 Å². The number of nitrogens with zero attached hydrogens (tertiary/aromatic N) is 2. The third kappa shape index (κ3) is 3.00. The van der Waals surface area contributed by atoms with Gasteiger partial charge in [-0.05, 0) is 52.2 Å². The average molecular weight is 406 g/mol. The monoisotopic (exact) mass is 405 g/mol. The summed E-state index contributed by atoms with van der Waals surface area (Å²) in [6.45, 7) is 8.23. The molecule has 1 unspecified atom stereocenters. The second-order valence-electron chi connectivity index (χ2n) is 9.36. The van der Waals surface area contributed by atoms with Crippen LogP contribution in [0.5, 0.6) is 0 Å². The van der Waals surface area contributed by atoms with Crippen LogP contribution in [0, 0.1) is 0 Å². The molecule has 0 radical (unpaired) electrons. The van der Waals surface area contributed by atoms with Crippen LogP contribution in [-0.4, -0.2) is 26.0 Å². The number of benzene rings is 1. The number of rotatable bonds is 4. The maximum atomic E-state index is 13.4. The summed E-state index contributed by atoms with van der Waals surface area (Å²) in [4.78, 5) is 34.1. The number of carbonyl (C=O) groups is 1. The van der Waals surface area contributed by atoms with Gasteiger partial charge >= 0.3 is 0 Å². The molecule has 1 amide bonds. The van der Waals surface area contributed by atoms with Crippen LogP contribution >= 0.6 is 0 Å². The number of nitrogens with one attached hydrogen (secondary N) is 3. The van der Waals surface area contributed by atoms with Crippen LogP contribution in [0.1, 0.15) is 75.1 Å². The normalized spacial score (nSPS) is 18.5. The standard InChI is InChI=1S/C23H27N5O2/c1-5-16-19-15(20(29)25-16)11-17(24-19)13-7-6-8-14-18(13)26-22(27-23(2,3)4)28(21(14)30)12-9-10-12/h6-8,11-12,16,24H,5,9-10H2,1-4H3,(H,25,29)(H,26,27). The van der Waals surface area contributed by atoms with Gasteiger partial charge in [-0.3, -0.25) is 14.2 Å². The Morgan fingerprint density at radius 1 is 1.20 bits per heavy atom. The van der Waals surface area contributed by atoms with E-state index in [4.69, 9.17) is 4.98 Å². The first kappa shape index (κ1) is 18.9. The van der Waals surface area contributed by atoms with Crippen LogP contribution in [0.15, 0.2) is 29.1 Å². The van der Waals surface area contributed by atoms with Crippen molar-refractivity contribution in [3.63, 3.8) is 0 Å². The number of carbonyl (C=O) groups excluding carboxylic acids is 1. The van der Waals surface area contributed by atoms with E-state index in [9.17, 15) is 9.59 Å². The van der Waals surface area contributed by atoms with Gasteiger partial charge in [-0.25, -0.2) is 4.98 Å². The molecule has 1 aliphatic carbocycles. The van der Waals surface area contributed by atoms with E-state index in [1.807, 2.05) is 35.8 Å². The van der Waals surface area contributed by atoms with Crippen molar-refractivity contribution in [2.24, 2.45) is 0 Å². The molecule has 0 saturated heterocycles.